The third kappa shape index (κ3) is 2.89. The van der Waals surface area contributed by atoms with Crippen molar-refractivity contribution in [2.24, 2.45) is 11.8 Å². The molecule has 2 nitrogen and oxygen atoms in total. The van der Waals surface area contributed by atoms with Crippen LogP contribution in [0.5, 0.6) is 0 Å². The van der Waals surface area contributed by atoms with Gasteiger partial charge in [0, 0.05) is 0 Å². The lowest BCUT2D eigenvalue weighted by atomic mass is 9.78. The summed E-state index contributed by atoms with van der Waals surface area (Å²) in [5.74, 6) is 0.562. The number of carbonyl (C=O) groups excluding carboxylic acids is 1. The van der Waals surface area contributed by atoms with E-state index in [1.165, 1.54) is 5.56 Å². The van der Waals surface area contributed by atoms with Crippen LogP contribution in [0.3, 0.4) is 0 Å². The van der Waals surface area contributed by atoms with Crippen LogP contribution < -0.4 is 0 Å². The average Bonchev–Trinajstić information content (AvgIpc) is 2.46. The van der Waals surface area contributed by atoms with E-state index in [4.69, 9.17) is 4.74 Å². The average molecular weight is 256 g/mol. The van der Waals surface area contributed by atoms with E-state index in [0.717, 1.165) is 32.1 Å². The monoisotopic (exact) mass is 256 g/mol. The summed E-state index contributed by atoms with van der Waals surface area (Å²) in [6, 6.07) is 10.4. The maximum atomic E-state index is 12.0. The van der Waals surface area contributed by atoms with Crippen LogP contribution in [-0.4, -0.2) is 12.1 Å². The number of carbonyl (C=O) groups is 1. The van der Waals surface area contributed by atoms with E-state index in [1.54, 1.807) is 0 Å². The highest BCUT2D eigenvalue weighted by Gasteiger charge is 2.37. The van der Waals surface area contributed by atoms with Gasteiger partial charge in [-0.25, -0.2) is 0 Å². The van der Waals surface area contributed by atoms with Crippen molar-refractivity contribution < 1.29 is 9.53 Å². The number of benzene rings is 1. The lowest BCUT2D eigenvalue weighted by Gasteiger charge is -2.35. The number of hydrogen-bond acceptors (Lipinski definition) is 2. The lowest BCUT2D eigenvalue weighted by molar-refractivity contribution is -0.164. The molecule has 2 heteroatoms. The molecule has 1 aromatic carbocycles. The Hall–Kier alpha value is -1.57. The molecule has 0 radical (unpaired) electrons. The van der Waals surface area contributed by atoms with Gasteiger partial charge in [0.25, 0.3) is 0 Å². The summed E-state index contributed by atoms with van der Waals surface area (Å²) in [5.41, 5.74) is 1.32. The molecule has 2 aliphatic rings. The largest absolute Gasteiger partial charge is 0.462 e. The Bertz CT molecular complexity index is 463. The second-order valence-corrected chi connectivity index (χ2v) is 5.59. The zero-order valence-electron chi connectivity index (χ0n) is 11.1. The van der Waals surface area contributed by atoms with Crippen LogP contribution in [0.1, 0.15) is 31.2 Å². The Morgan fingerprint density at radius 2 is 2.05 bits per heavy atom. The quantitative estimate of drug-likeness (QED) is 0.611. The van der Waals surface area contributed by atoms with Gasteiger partial charge in [-0.1, -0.05) is 42.5 Å². The Morgan fingerprint density at radius 3 is 2.89 bits per heavy atom. The molecule has 1 saturated heterocycles. The standard InChI is InChI=1S/C17H20O2/c18-17-16-9-5-4-8-14(16)12-15(19-17)11-10-13-6-2-1-3-7-13/h1-4,6-8,14-16H,5,9-12H2/t14-,15+,16-/m1/s1. The highest BCUT2D eigenvalue weighted by molar-refractivity contribution is 5.74. The molecule has 0 spiro atoms. The molecule has 1 fully saturated rings. The van der Waals surface area contributed by atoms with Crippen molar-refractivity contribution in [3.8, 4) is 0 Å². The summed E-state index contributed by atoms with van der Waals surface area (Å²) in [7, 11) is 0. The lowest BCUT2D eigenvalue weighted by Crippen LogP contribution is -2.38. The number of hydrogen-bond donors (Lipinski definition) is 0. The fraction of sp³-hybridized carbons (Fsp3) is 0.471. The van der Waals surface area contributed by atoms with Crippen molar-refractivity contribution in [1.29, 1.82) is 0 Å². The van der Waals surface area contributed by atoms with E-state index in [0.29, 0.717) is 5.92 Å². The first kappa shape index (κ1) is 12.5. The summed E-state index contributed by atoms with van der Waals surface area (Å²) >= 11 is 0. The molecule has 3 rings (SSSR count). The molecule has 1 aliphatic heterocycles. The van der Waals surface area contributed by atoms with E-state index in [2.05, 4.69) is 36.4 Å². The molecular formula is C17H20O2. The van der Waals surface area contributed by atoms with Gasteiger partial charge in [0.1, 0.15) is 6.10 Å². The smallest absolute Gasteiger partial charge is 0.309 e. The minimum absolute atomic E-state index is 0.0265. The Balaban J connectivity index is 1.59. The van der Waals surface area contributed by atoms with Crippen LogP contribution in [0.4, 0.5) is 0 Å². The molecule has 3 atom stereocenters. The number of aryl methyl sites for hydroxylation is 1. The molecule has 1 aromatic rings. The van der Waals surface area contributed by atoms with E-state index >= 15 is 0 Å². The fourth-order valence-corrected chi connectivity index (χ4v) is 3.18. The third-order valence-corrected chi connectivity index (χ3v) is 4.26. The predicted octanol–water partition coefficient (Wildman–Crippen LogP) is 3.52. The summed E-state index contributed by atoms with van der Waals surface area (Å²) in [6.07, 6.45) is 9.44. The second kappa shape index (κ2) is 5.60. The van der Waals surface area contributed by atoms with Gasteiger partial charge in [0.05, 0.1) is 5.92 Å². The topological polar surface area (TPSA) is 26.3 Å². The van der Waals surface area contributed by atoms with Crippen molar-refractivity contribution in [1.82, 2.24) is 0 Å². The van der Waals surface area contributed by atoms with Crippen LogP contribution in [0.25, 0.3) is 0 Å². The third-order valence-electron chi connectivity index (χ3n) is 4.26. The van der Waals surface area contributed by atoms with E-state index in [1.807, 2.05) is 6.07 Å². The van der Waals surface area contributed by atoms with E-state index in [-0.39, 0.29) is 18.0 Å². The van der Waals surface area contributed by atoms with Gasteiger partial charge in [-0.3, -0.25) is 4.79 Å². The van der Waals surface area contributed by atoms with Gasteiger partial charge >= 0.3 is 5.97 Å². The van der Waals surface area contributed by atoms with Crippen LogP contribution in [0, 0.1) is 11.8 Å². The van der Waals surface area contributed by atoms with Crippen LogP contribution in [0.15, 0.2) is 42.5 Å². The Morgan fingerprint density at radius 1 is 1.21 bits per heavy atom. The molecule has 0 N–H and O–H groups in total. The molecule has 100 valence electrons. The molecule has 0 aromatic heterocycles. The number of fused-ring (bicyclic) bond motifs is 1. The van der Waals surface area contributed by atoms with Gasteiger partial charge in [-0.2, -0.15) is 0 Å². The van der Waals surface area contributed by atoms with Crippen molar-refractivity contribution >= 4 is 5.97 Å². The molecule has 0 bridgehead atoms. The Labute approximate surface area is 114 Å². The number of rotatable bonds is 3. The second-order valence-electron chi connectivity index (χ2n) is 5.59. The fourth-order valence-electron chi connectivity index (χ4n) is 3.18. The number of esters is 1. The highest BCUT2D eigenvalue weighted by Crippen LogP contribution is 2.35. The first-order valence-corrected chi connectivity index (χ1v) is 7.24. The van der Waals surface area contributed by atoms with Crippen molar-refractivity contribution in [3.63, 3.8) is 0 Å². The molecule has 0 unspecified atom stereocenters. The summed E-state index contributed by atoms with van der Waals surface area (Å²) < 4.78 is 5.60. The summed E-state index contributed by atoms with van der Waals surface area (Å²) in [5, 5.41) is 0. The molecule has 0 amide bonds. The molecule has 1 aliphatic carbocycles. The first-order valence-electron chi connectivity index (χ1n) is 7.24. The predicted molar refractivity (Wildman–Crippen MR) is 74.6 cm³/mol. The molecular weight excluding hydrogens is 236 g/mol. The minimum atomic E-state index is 0.0265. The van der Waals surface area contributed by atoms with Gasteiger partial charge < -0.3 is 4.74 Å². The zero-order chi connectivity index (χ0) is 13.1. The van der Waals surface area contributed by atoms with Crippen LogP contribution in [-0.2, 0) is 16.0 Å². The summed E-state index contributed by atoms with van der Waals surface area (Å²) in [4.78, 5) is 12.0. The number of allylic oxidation sites excluding steroid dienone is 2. The van der Waals surface area contributed by atoms with E-state index in [9.17, 15) is 4.79 Å². The number of ether oxygens (including phenoxy) is 1. The highest BCUT2D eigenvalue weighted by atomic mass is 16.5. The molecule has 19 heavy (non-hydrogen) atoms. The maximum Gasteiger partial charge on any atom is 0.309 e. The SMILES string of the molecule is O=C1O[C@@H](CCc2ccccc2)C[C@H]2C=CCC[C@@H]12. The zero-order valence-corrected chi connectivity index (χ0v) is 11.1. The maximum absolute atomic E-state index is 12.0. The van der Waals surface area contributed by atoms with Crippen molar-refractivity contribution in [2.75, 3.05) is 0 Å². The van der Waals surface area contributed by atoms with Crippen LogP contribution >= 0.6 is 0 Å². The summed E-state index contributed by atoms with van der Waals surface area (Å²) in [6.45, 7) is 0. The van der Waals surface area contributed by atoms with Gasteiger partial charge in [0.2, 0.25) is 0 Å². The van der Waals surface area contributed by atoms with Crippen molar-refractivity contribution in [3.05, 3.63) is 48.0 Å². The van der Waals surface area contributed by atoms with Gasteiger partial charge in [0.15, 0.2) is 0 Å². The molecule has 0 saturated carbocycles. The van der Waals surface area contributed by atoms with Gasteiger partial charge in [-0.05, 0) is 43.6 Å². The van der Waals surface area contributed by atoms with Gasteiger partial charge in [-0.15, -0.1) is 0 Å². The van der Waals surface area contributed by atoms with Crippen molar-refractivity contribution in [2.45, 2.75) is 38.2 Å². The number of cyclic esters (lactones) is 1. The minimum Gasteiger partial charge on any atom is -0.462 e. The van der Waals surface area contributed by atoms with Crippen LogP contribution in [0.2, 0.25) is 0 Å². The normalized spacial score (nSPS) is 29.7. The Kier molecular flexibility index (Phi) is 3.67. The van der Waals surface area contributed by atoms with E-state index < -0.39 is 0 Å². The molecule has 1 heterocycles. The first-order chi connectivity index (χ1) is 9.33.